The van der Waals surface area contributed by atoms with Gasteiger partial charge in [-0.05, 0) is 43.3 Å². The number of carbonyl (C=O) groups is 1. The molecule has 0 saturated heterocycles. The summed E-state index contributed by atoms with van der Waals surface area (Å²) in [6.07, 6.45) is 0. The highest BCUT2D eigenvalue weighted by molar-refractivity contribution is 6.33. The van der Waals surface area contributed by atoms with E-state index in [4.69, 9.17) is 22.1 Å². The van der Waals surface area contributed by atoms with Gasteiger partial charge in [-0.2, -0.15) is 0 Å². The van der Waals surface area contributed by atoms with Crippen LogP contribution in [0.4, 0.5) is 21.5 Å². The maximum Gasteiger partial charge on any atom is 0.338 e. The summed E-state index contributed by atoms with van der Waals surface area (Å²) in [5.41, 5.74) is 7.65. The van der Waals surface area contributed by atoms with Crippen LogP contribution >= 0.6 is 11.6 Å². The number of nitrogen functional groups attached to an aromatic ring is 1. The average Bonchev–Trinajstić information content (AvgIpc) is 2.44. The zero-order valence-electron chi connectivity index (χ0n) is 11.3. The van der Waals surface area contributed by atoms with Gasteiger partial charge in [0.2, 0.25) is 0 Å². The number of halogens is 2. The Morgan fingerprint density at radius 3 is 2.71 bits per heavy atom. The second-order valence-electron chi connectivity index (χ2n) is 4.27. The van der Waals surface area contributed by atoms with Gasteiger partial charge in [-0.1, -0.05) is 11.6 Å². The van der Waals surface area contributed by atoms with Gasteiger partial charge in [0, 0.05) is 0 Å². The number of hydrogen-bond acceptors (Lipinski definition) is 4. The lowest BCUT2D eigenvalue weighted by Gasteiger charge is -2.12. The molecule has 0 aliphatic rings. The molecule has 4 nitrogen and oxygen atoms in total. The minimum atomic E-state index is -0.439. The first kappa shape index (κ1) is 15.1. The van der Waals surface area contributed by atoms with Gasteiger partial charge in [-0.25, -0.2) is 9.18 Å². The average molecular weight is 309 g/mol. The van der Waals surface area contributed by atoms with Crippen LogP contribution < -0.4 is 11.1 Å². The first-order chi connectivity index (χ1) is 10.0. The molecule has 6 heteroatoms. The lowest BCUT2D eigenvalue weighted by molar-refractivity contribution is 0.0526. The summed E-state index contributed by atoms with van der Waals surface area (Å²) in [6.45, 7) is 2.02. The van der Waals surface area contributed by atoms with Gasteiger partial charge in [-0.15, -0.1) is 0 Å². The fourth-order valence-electron chi connectivity index (χ4n) is 1.74. The molecule has 0 saturated carbocycles. The molecular weight excluding hydrogens is 295 g/mol. The summed E-state index contributed by atoms with van der Waals surface area (Å²) in [5, 5.41) is 3.19. The fraction of sp³-hybridized carbons (Fsp3) is 0.133. The number of rotatable bonds is 4. The van der Waals surface area contributed by atoms with E-state index in [2.05, 4.69) is 5.32 Å². The molecule has 0 aliphatic carbocycles. The van der Waals surface area contributed by atoms with Crippen molar-refractivity contribution in [3.8, 4) is 0 Å². The van der Waals surface area contributed by atoms with Gasteiger partial charge in [0.25, 0.3) is 0 Å². The number of hydrogen-bond donors (Lipinski definition) is 2. The van der Waals surface area contributed by atoms with Crippen LogP contribution in [0.2, 0.25) is 5.02 Å². The number of nitrogens with one attached hydrogen (secondary N) is 1. The highest BCUT2D eigenvalue weighted by atomic mass is 35.5. The Bertz CT molecular complexity index is 677. The molecule has 0 heterocycles. The second kappa shape index (κ2) is 6.45. The van der Waals surface area contributed by atoms with Gasteiger partial charge in [0.1, 0.15) is 5.82 Å². The molecule has 110 valence electrons. The van der Waals surface area contributed by atoms with Crippen molar-refractivity contribution in [3.05, 3.63) is 52.8 Å². The minimum absolute atomic E-state index is 0.218. The Morgan fingerprint density at radius 2 is 2.05 bits per heavy atom. The van der Waals surface area contributed by atoms with Crippen molar-refractivity contribution in [2.75, 3.05) is 17.7 Å². The Morgan fingerprint density at radius 1 is 1.29 bits per heavy atom. The maximum absolute atomic E-state index is 13.0. The van der Waals surface area contributed by atoms with E-state index in [0.29, 0.717) is 22.6 Å². The smallest absolute Gasteiger partial charge is 0.338 e. The van der Waals surface area contributed by atoms with Crippen molar-refractivity contribution in [2.45, 2.75) is 6.92 Å². The van der Waals surface area contributed by atoms with Crippen LogP contribution in [0.5, 0.6) is 0 Å². The largest absolute Gasteiger partial charge is 0.462 e. The predicted octanol–water partition coefficient (Wildman–Crippen LogP) is 3.98. The molecule has 2 aromatic carbocycles. The Balaban J connectivity index is 2.30. The third-order valence-electron chi connectivity index (χ3n) is 2.76. The second-order valence-corrected chi connectivity index (χ2v) is 4.68. The molecular formula is C15H14ClFN2O2. The summed E-state index contributed by atoms with van der Waals surface area (Å²) >= 11 is 5.95. The Hall–Kier alpha value is -2.27. The van der Waals surface area contributed by atoms with E-state index in [1.165, 1.54) is 18.2 Å². The number of esters is 1. The Labute approximate surface area is 126 Å². The first-order valence-corrected chi connectivity index (χ1v) is 6.67. The quantitative estimate of drug-likeness (QED) is 0.662. The van der Waals surface area contributed by atoms with Gasteiger partial charge in [0.15, 0.2) is 0 Å². The van der Waals surface area contributed by atoms with Gasteiger partial charge in [-0.3, -0.25) is 0 Å². The lowest BCUT2D eigenvalue weighted by atomic mass is 10.1. The van der Waals surface area contributed by atoms with Crippen molar-refractivity contribution in [1.29, 1.82) is 0 Å². The van der Waals surface area contributed by atoms with Crippen LogP contribution in [-0.4, -0.2) is 12.6 Å². The monoisotopic (exact) mass is 308 g/mol. The van der Waals surface area contributed by atoms with Gasteiger partial charge >= 0.3 is 5.97 Å². The standard InChI is InChI=1S/C15H14ClFN2O2/c1-2-21-15(20)9-3-5-12(18)14(7-9)19-13-6-4-10(17)8-11(13)16/h3-8,19H,2,18H2,1H3. The number of anilines is 3. The van der Waals surface area contributed by atoms with Gasteiger partial charge in [0.05, 0.1) is 34.3 Å². The van der Waals surface area contributed by atoms with Gasteiger partial charge < -0.3 is 15.8 Å². The van der Waals surface area contributed by atoms with Crippen LogP contribution in [0.15, 0.2) is 36.4 Å². The molecule has 0 radical (unpaired) electrons. The Kier molecular flexibility index (Phi) is 4.65. The lowest BCUT2D eigenvalue weighted by Crippen LogP contribution is -2.06. The van der Waals surface area contributed by atoms with Crippen LogP contribution in [0.3, 0.4) is 0 Å². The van der Waals surface area contributed by atoms with Crippen molar-refractivity contribution >= 4 is 34.6 Å². The van der Waals surface area contributed by atoms with Crippen molar-refractivity contribution in [3.63, 3.8) is 0 Å². The molecule has 0 aliphatic heterocycles. The van der Waals surface area contributed by atoms with E-state index in [0.717, 1.165) is 0 Å². The molecule has 0 fully saturated rings. The maximum atomic E-state index is 13.0. The van der Waals surface area contributed by atoms with Crippen molar-refractivity contribution in [2.24, 2.45) is 0 Å². The number of ether oxygens (including phenoxy) is 1. The topological polar surface area (TPSA) is 64.3 Å². The highest BCUT2D eigenvalue weighted by Crippen LogP contribution is 2.29. The summed E-state index contributed by atoms with van der Waals surface area (Å²) in [5.74, 6) is -0.871. The SMILES string of the molecule is CCOC(=O)c1ccc(N)c(Nc2ccc(F)cc2Cl)c1. The van der Waals surface area contributed by atoms with Crippen LogP contribution in [0.25, 0.3) is 0 Å². The third kappa shape index (κ3) is 3.64. The molecule has 21 heavy (non-hydrogen) atoms. The van der Waals surface area contributed by atoms with Crippen LogP contribution in [0.1, 0.15) is 17.3 Å². The van der Waals surface area contributed by atoms with Crippen molar-refractivity contribution < 1.29 is 13.9 Å². The fourth-order valence-corrected chi connectivity index (χ4v) is 1.96. The van der Waals surface area contributed by atoms with Crippen LogP contribution in [-0.2, 0) is 4.74 Å². The number of nitrogens with two attached hydrogens (primary N) is 1. The highest BCUT2D eigenvalue weighted by Gasteiger charge is 2.10. The number of carbonyl (C=O) groups excluding carboxylic acids is 1. The van der Waals surface area contributed by atoms with E-state index >= 15 is 0 Å². The zero-order chi connectivity index (χ0) is 15.4. The summed E-state index contributed by atoms with van der Waals surface area (Å²) in [4.78, 5) is 11.7. The third-order valence-corrected chi connectivity index (χ3v) is 3.08. The van der Waals surface area contributed by atoms with E-state index in [1.54, 1.807) is 25.1 Å². The van der Waals surface area contributed by atoms with Crippen LogP contribution in [0, 0.1) is 5.82 Å². The number of benzene rings is 2. The molecule has 0 amide bonds. The first-order valence-electron chi connectivity index (χ1n) is 6.30. The van der Waals surface area contributed by atoms with E-state index in [1.807, 2.05) is 0 Å². The van der Waals surface area contributed by atoms with E-state index < -0.39 is 11.8 Å². The molecule has 0 atom stereocenters. The summed E-state index contributed by atoms with van der Waals surface area (Å²) in [6, 6.07) is 8.69. The molecule has 0 spiro atoms. The minimum Gasteiger partial charge on any atom is -0.462 e. The molecule has 0 unspecified atom stereocenters. The zero-order valence-corrected chi connectivity index (χ0v) is 12.1. The molecule has 2 rings (SSSR count). The normalized spacial score (nSPS) is 10.2. The molecule has 0 aromatic heterocycles. The summed E-state index contributed by atoms with van der Waals surface area (Å²) in [7, 11) is 0. The van der Waals surface area contributed by atoms with E-state index in [-0.39, 0.29) is 11.6 Å². The summed E-state index contributed by atoms with van der Waals surface area (Å²) < 4.78 is 18.0. The van der Waals surface area contributed by atoms with E-state index in [9.17, 15) is 9.18 Å². The van der Waals surface area contributed by atoms with Crippen molar-refractivity contribution in [1.82, 2.24) is 0 Å². The molecule has 3 N–H and O–H groups in total. The predicted molar refractivity (Wildman–Crippen MR) is 81.5 cm³/mol. The molecule has 0 bridgehead atoms. The molecule has 2 aromatic rings.